The third-order valence-corrected chi connectivity index (χ3v) is 4.29. The summed E-state index contributed by atoms with van der Waals surface area (Å²) < 4.78 is 5.64. The molecule has 0 aliphatic heterocycles. The van der Waals surface area contributed by atoms with Crippen LogP contribution < -0.4 is 10.5 Å². The molecule has 1 unspecified atom stereocenters. The molecule has 0 bridgehead atoms. The van der Waals surface area contributed by atoms with Gasteiger partial charge in [-0.3, -0.25) is 4.98 Å². The zero-order chi connectivity index (χ0) is 17.0. The molecule has 2 aromatic rings. The van der Waals surface area contributed by atoms with E-state index in [-0.39, 0.29) is 6.04 Å². The van der Waals surface area contributed by atoms with Gasteiger partial charge in [0.15, 0.2) is 0 Å². The summed E-state index contributed by atoms with van der Waals surface area (Å²) in [5, 5.41) is 0. The van der Waals surface area contributed by atoms with Crippen molar-refractivity contribution in [3.8, 4) is 17.0 Å². The molecule has 1 heterocycles. The molecule has 0 spiro atoms. The molecule has 0 fully saturated rings. The van der Waals surface area contributed by atoms with Crippen LogP contribution in [0.15, 0.2) is 24.3 Å². The van der Waals surface area contributed by atoms with Gasteiger partial charge in [0, 0.05) is 28.9 Å². The van der Waals surface area contributed by atoms with E-state index in [1.165, 1.54) is 16.7 Å². The van der Waals surface area contributed by atoms with Gasteiger partial charge in [-0.25, -0.2) is 0 Å². The van der Waals surface area contributed by atoms with E-state index < -0.39 is 0 Å². The highest BCUT2D eigenvalue weighted by Gasteiger charge is 2.16. The van der Waals surface area contributed by atoms with E-state index in [0.717, 1.165) is 42.0 Å². The van der Waals surface area contributed by atoms with Gasteiger partial charge >= 0.3 is 0 Å². The highest BCUT2D eigenvalue weighted by Crippen LogP contribution is 2.33. The van der Waals surface area contributed by atoms with Crippen LogP contribution in [-0.2, 0) is 19.3 Å². The van der Waals surface area contributed by atoms with E-state index in [1.54, 1.807) is 7.11 Å². The van der Waals surface area contributed by atoms with E-state index in [4.69, 9.17) is 15.5 Å². The Morgan fingerprint density at radius 3 is 2.26 bits per heavy atom. The van der Waals surface area contributed by atoms with Crippen molar-refractivity contribution >= 4 is 0 Å². The van der Waals surface area contributed by atoms with E-state index in [1.807, 2.05) is 13.8 Å². The minimum absolute atomic E-state index is 0.0874. The van der Waals surface area contributed by atoms with Crippen LogP contribution in [0.1, 0.15) is 43.2 Å². The monoisotopic (exact) mass is 312 g/mol. The second-order valence-electron chi connectivity index (χ2n) is 6.11. The molecule has 1 aromatic heterocycles. The molecule has 1 aromatic carbocycles. The summed E-state index contributed by atoms with van der Waals surface area (Å²) in [6.07, 6.45) is 2.76. The molecule has 3 nitrogen and oxygen atoms in total. The average molecular weight is 312 g/mol. The second-order valence-corrected chi connectivity index (χ2v) is 6.11. The summed E-state index contributed by atoms with van der Waals surface area (Å²) in [5.74, 6) is 0.887. The topological polar surface area (TPSA) is 48.1 Å². The van der Waals surface area contributed by atoms with Crippen molar-refractivity contribution in [3.63, 3.8) is 0 Å². The SMILES string of the molecule is CCc1cccc(CC)c1-c1cc(OC)c(CC(C)N)c(C)n1. The summed E-state index contributed by atoms with van der Waals surface area (Å²) in [6, 6.07) is 8.67. The lowest BCUT2D eigenvalue weighted by Crippen LogP contribution is -2.19. The van der Waals surface area contributed by atoms with Gasteiger partial charge in [-0.2, -0.15) is 0 Å². The van der Waals surface area contributed by atoms with E-state index in [9.17, 15) is 0 Å². The number of nitrogens with two attached hydrogens (primary N) is 1. The Hall–Kier alpha value is -1.87. The molecular formula is C20H28N2O. The molecule has 1 atom stereocenters. The van der Waals surface area contributed by atoms with Gasteiger partial charge in [0.05, 0.1) is 12.8 Å². The molecule has 2 N–H and O–H groups in total. The minimum atomic E-state index is 0.0874. The van der Waals surface area contributed by atoms with Crippen LogP contribution in [0.3, 0.4) is 0 Å². The molecule has 3 heteroatoms. The first kappa shape index (κ1) is 17.5. The molecule has 0 aliphatic carbocycles. The van der Waals surface area contributed by atoms with Crippen LogP contribution in [0.2, 0.25) is 0 Å². The first-order valence-corrected chi connectivity index (χ1v) is 8.42. The average Bonchev–Trinajstić information content (AvgIpc) is 2.55. The van der Waals surface area contributed by atoms with Gasteiger partial charge in [0.2, 0.25) is 0 Å². The number of hydrogen-bond acceptors (Lipinski definition) is 3. The molecule has 0 aliphatic rings. The Bertz CT molecular complexity index is 655. The number of pyridine rings is 1. The normalized spacial score (nSPS) is 12.3. The van der Waals surface area contributed by atoms with Gasteiger partial charge < -0.3 is 10.5 Å². The van der Waals surface area contributed by atoms with Crippen molar-refractivity contribution in [3.05, 3.63) is 46.6 Å². The van der Waals surface area contributed by atoms with Crippen LogP contribution in [0.5, 0.6) is 5.75 Å². The fraction of sp³-hybridized carbons (Fsp3) is 0.450. The molecule has 0 saturated carbocycles. The van der Waals surface area contributed by atoms with Crippen molar-refractivity contribution in [2.45, 2.75) is 53.0 Å². The maximum atomic E-state index is 5.97. The Morgan fingerprint density at radius 2 is 1.78 bits per heavy atom. The highest BCUT2D eigenvalue weighted by atomic mass is 16.5. The van der Waals surface area contributed by atoms with Gasteiger partial charge in [0.1, 0.15) is 5.75 Å². The summed E-state index contributed by atoms with van der Waals surface area (Å²) in [6.45, 7) is 8.43. The number of nitrogens with zero attached hydrogens (tertiary/aromatic N) is 1. The molecule has 0 amide bonds. The van der Waals surface area contributed by atoms with Crippen LogP contribution in [0.4, 0.5) is 0 Å². The van der Waals surface area contributed by atoms with Crippen LogP contribution >= 0.6 is 0 Å². The van der Waals surface area contributed by atoms with Crippen LogP contribution in [-0.4, -0.2) is 18.1 Å². The van der Waals surface area contributed by atoms with Gasteiger partial charge in [-0.1, -0.05) is 32.0 Å². The first-order valence-electron chi connectivity index (χ1n) is 8.42. The lowest BCUT2D eigenvalue weighted by atomic mass is 9.93. The lowest BCUT2D eigenvalue weighted by molar-refractivity contribution is 0.407. The maximum absolute atomic E-state index is 5.97. The largest absolute Gasteiger partial charge is 0.496 e. The fourth-order valence-electron chi connectivity index (χ4n) is 3.12. The molecule has 0 saturated heterocycles. The van der Waals surface area contributed by atoms with E-state index in [2.05, 4.69) is 38.1 Å². The second kappa shape index (κ2) is 7.60. The summed E-state index contributed by atoms with van der Waals surface area (Å²) in [7, 11) is 1.72. The van der Waals surface area contributed by atoms with Crippen molar-refractivity contribution in [2.75, 3.05) is 7.11 Å². The predicted molar refractivity (Wildman–Crippen MR) is 97.1 cm³/mol. The third-order valence-electron chi connectivity index (χ3n) is 4.29. The molecular weight excluding hydrogens is 284 g/mol. The highest BCUT2D eigenvalue weighted by molar-refractivity contribution is 5.70. The molecule has 124 valence electrons. The Balaban J connectivity index is 2.64. The van der Waals surface area contributed by atoms with Crippen molar-refractivity contribution in [2.24, 2.45) is 5.73 Å². The van der Waals surface area contributed by atoms with Gasteiger partial charge in [-0.15, -0.1) is 0 Å². The minimum Gasteiger partial charge on any atom is -0.496 e. The van der Waals surface area contributed by atoms with Crippen molar-refractivity contribution in [1.82, 2.24) is 4.98 Å². The van der Waals surface area contributed by atoms with E-state index in [0.29, 0.717) is 0 Å². The van der Waals surface area contributed by atoms with Crippen LogP contribution in [0.25, 0.3) is 11.3 Å². The fourth-order valence-corrected chi connectivity index (χ4v) is 3.12. The number of aryl methyl sites for hydroxylation is 3. The quantitative estimate of drug-likeness (QED) is 0.874. The van der Waals surface area contributed by atoms with Crippen molar-refractivity contribution < 1.29 is 4.74 Å². The maximum Gasteiger partial charge on any atom is 0.126 e. The summed E-state index contributed by atoms with van der Waals surface area (Å²) >= 11 is 0. The number of ether oxygens (including phenoxy) is 1. The zero-order valence-electron chi connectivity index (χ0n) is 14.9. The number of aromatic nitrogens is 1. The standard InChI is InChI=1S/C20H28N2O/c1-6-15-9-8-10-16(7-2)20(15)18-12-19(23-5)17(11-13(3)21)14(4)22-18/h8-10,12-13H,6-7,11,21H2,1-5H3. The Morgan fingerprint density at radius 1 is 1.17 bits per heavy atom. The van der Waals surface area contributed by atoms with E-state index >= 15 is 0 Å². The number of benzene rings is 1. The number of methoxy groups -OCH3 is 1. The van der Waals surface area contributed by atoms with Crippen LogP contribution in [0, 0.1) is 6.92 Å². The number of hydrogen-bond donors (Lipinski definition) is 1. The smallest absolute Gasteiger partial charge is 0.126 e. The number of rotatable bonds is 6. The Kier molecular flexibility index (Phi) is 5.78. The summed E-state index contributed by atoms with van der Waals surface area (Å²) in [4.78, 5) is 4.89. The van der Waals surface area contributed by atoms with Crippen molar-refractivity contribution in [1.29, 1.82) is 0 Å². The first-order chi connectivity index (χ1) is 11.0. The molecule has 2 rings (SSSR count). The molecule has 0 radical (unpaired) electrons. The predicted octanol–water partition coefficient (Wildman–Crippen LogP) is 4.08. The third kappa shape index (κ3) is 3.73. The van der Waals surface area contributed by atoms with Gasteiger partial charge in [0.25, 0.3) is 0 Å². The zero-order valence-corrected chi connectivity index (χ0v) is 14.9. The summed E-state index contributed by atoms with van der Waals surface area (Å²) in [5.41, 5.74) is 13.0. The van der Waals surface area contributed by atoms with Gasteiger partial charge in [-0.05, 0) is 44.2 Å². The lowest BCUT2D eigenvalue weighted by Gasteiger charge is -2.18. The Labute approximate surface area is 139 Å². The molecule has 23 heavy (non-hydrogen) atoms.